The van der Waals surface area contributed by atoms with Gasteiger partial charge < -0.3 is 14.6 Å². The van der Waals surface area contributed by atoms with E-state index in [9.17, 15) is 9.18 Å². The maximum absolute atomic E-state index is 13.2. The molecule has 1 atom stereocenters. The molecule has 1 unspecified atom stereocenters. The highest BCUT2D eigenvalue weighted by Gasteiger charge is 2.31. The van der Waals surface area contributed by atoms with Crippen molar-refractivity contribution >= 4 is 29.3 Å². The third-order valence-corrected chi connectivity index (χ3v) is 5.14. The Morgan fingerprint density at radius 3 is 2.88 bits per heavy atom. The van der Waals surface area contributed by atoms with Crippen LogP contribution >= 0.6 is 12.4 Å². The molecular weight excluding hydrogens is 345 g/mol. The van der Waals surface area contributed by atoms with E-state index in [1.165, 1.54) is 12.1 Å². The molecule has 136 valence electrons. The molecule has 1 aromatic heterocycles. The molecule has 2 aliphatic heterocycles. The highest BCUT2D eigenvalue weighted by atomic mass is 35.5. The fourth-order valence-electron chi connectivity index (χ4n) is 3.78. The second kappa shape index (κ2) is 7.72. The number of fused-ring (bicyclic) bond motifs is 1. The molecule has 7 heteroatoms. The van der Waals surface area contributed by atoms with E-state index in [0.29, 0.717) is 18.0 Å². The van der Waals surface area contributed by atoms with Gasteiger partial charge in [-0.2, -0.15) is 0 Å². The van der Waals surface area contributed by atoms with Crippen LogP contribution in [0.3, 0.4) is 0 Å². The second-order valence-electron chi connectivity index (χ2n) is 6.65. The largest absolute Gasteiger partial charge is 0.464 e. The van der Waals surface area contributed by atoms with Crippen molar-refractivity contribution in [1.29, 1.82) is 0 Å². The summed E-state index contributed by atoms with van der Waals surface area (Å²) in [6, 6.07) is 4.93. The van der Waals surface area contributed by atoms with Crippen LogP contribution in [0.2, 0.25) is 0 Å². The summed E-state index contributed by atoms with van der Waals surface area (Å²) in [5.41, 5.74) is 1.33. The van der Waals surface area contributed by atoms with Gasteiger partial charge >= 0.3 is 0 Å². The van der Waals surface area contributed by atoms with Gasteiger partial charge in [-0.1, -0.05) is 0 Å². The van der Waals surface area contributed by atoms with Crippen LogP contribution in [0.5, 0.6) is 0 Å². The fourth-order valence-corrected chi connectivity index (χ4v) is 3.78. The van der Waals surface area contributed by atoms with Gasteiger partial charge in [-0.25, -0.2) is 4.39 Å². The van der Waals surface area contributed by atoms with Gasteiger partial charge in [0.25, 0.3) is 0 Å². The first-order valence-corrected chi connectivity index (χ1v) is 8.59. The molecule has 2 fully saturated rings. The third-order valence-electron chi connectivity index (χ3n) is 5.14. The number of carbonyl (C=O) groups is 1. The lowest BCUT2D eigenvalue weighted by molar-refractivity contribution is -0.129. The third kappa shape index (κ3) is 3.81. The Labute approximate surface area is 152 Å². The molecule has 3 heterocycles. The minimum Gasteiger partial charge on any atom is -0.464 e. The van der Waals surface area contributed by atoms with Gasteiger partial charge in [0.05, 0.1) is 12.7 Å². The molecular formula is C18H23ClFN3O2. The molecule has 1 N–H and O–H groups in total. The number of nitrogens with one attached hydrogen (secondary N) is 1. The number of rotatable bonds is 3. The number of carbonyl (C=O) groups excluding carboxylic acids is 1. The predicted molar refractivity (Wildman–Crippen MR) is 96.6 cm³/mol. The van der Waals surface area contributed by atoms with Crippen LogP contribution in [0.15, 0.2) is 28.9 Å². The summed E-state index contributed by atoms with van der Waals surface area (Å²) >= 11 is 0. The highest BCUT2D eigenvalue weighted by Crippen LogP contribution is 2.24. The van der Waals surface area contributed by atoms with Crippen LogP contribution in [-0.2, 0) is 11.2 Å². The molecule has 0 aliphatic carbocycles. The Morgan fingerprint density at radius 1 is 1.28 bits per heavy atom. The lowest BCUT2D eigenvalue weighted by Crippen LogP contribution is -2.49. The van der Waals surface area contributed by atoms with Crippen molar-refractivity contribution in [3.05, 3.63) is 35.8 Å². The second-order valence-corrected chi connectivity index (χ2v) is 6.65. The summed E-state index contributed by atoms with van der Waals surface area (Å²) in [6.07, 6.45) is 2.93. The average molecular weight is 368 g/mol. The number of nitrogens with zero attached hydrogens (tertiary/aromatic N) is 2. The van der Waals surface area contributed by atoms with Gasteiger partial charge in [0.1, 0.15) is 11.4 Å². The van der Waals surface area contributed by atoms with E-state index in [-0.39, 0.29) is 24.1 Å². The van der Waals surface area contributed by atoms with Crippen molar-refractivity contribution in [2.24, 2.45) is 0 Å². The first-order valence-electron chi connectivity index (χ1n) is 8.59. The molecule has 0 bridgehead atoms. The Kier molecular flexibility index (Phi) is 5.61. The summed E-state index contributed by atoms with van der Waals surface area (Å²) in [5, 5.41) is 4.19. The Hall–Kier alpha value is -1.63. The first-order chi connectivity index (χ1) is 11.7. The lowest BCUT2D eigenvalue weighted by atomic mass is 10.1. The summed E-state index contributed by atoms with van der Waals surface area (Å²) in [6.45, 7) is 5.81. The molecule has 2 aliphatic rings. The highest BCUT2D eigenvalue weighted by molar-refractivity contribution is 5.87. The monoisotopic (exact) mass is 367 g/mol. The van der Waals surface area contributed by atoms with E-state index >= 15 is 0 Å². The molecule has 2 saturated heterocycles. The molecule has 5 nitrogen and oxygen atoms in total. The predicted octanol–water partition coefficient (Wildman–Crippen LogP) is 2.04. The van der Waals surface area contributed by atoms with Gasteiger partial charge in [0.2, 0.25) is 5.91 Å². The minimum absolute atomic E-state index is 0. The van der Waals surface area contributed by atoms with Crippen LogP contribution < -0.4 is 5.32 Å². The molecule has 1 aromatic carbocycles. The van der Waals surface area contributed by atoms with Crippen molar-refractivity contribution in [2.75, 3.05) is 39.3 Å². The van der Waals surface area contributed by atoms with Crippen molar-refractivity contribution in [2.45, 2.75) is 18.9 Å². The lowest BCUT2D eigenvalue weighted by Gasteiger charge is -2.32. The zero-order valence-corrected chi connectivity index (χ0v) is 14.9. The van der Waals surface area contributed by atoms with Crippen LogP contribution in [0, 0.1) is 5.82 Å². The average Bonchev–Trinajstić information content (AvgIpc) is 3.23. The smallest absolute Gasteiger partial charge is 0.227 e. The van der Waals surface area contributed by atoms with Crippen molar-refractivity contribution in [1.82, 2.24) is 15.1 Å². The Bertz CT molecular complexity index is 745. The van der Waals surface area contributed by atoms with E-state index in [1.807, 2.05) is 4.90 Å². The molecule has 0 spiro atoms. The van der Waals surface area contributed by atoms with Gasteiger partial charge in [-0.3, -0.25) is 9.69 Å². The number of halogens is 2. The Morgan fingerprint density at radius 2 is 2.08 bits per heavy atom. The number of piperazine rings is 1. The first kappa shape index (κ1) is 18.2. The number of furan rings is 1. The van der Waals surface area contributed by atoms with Crippen LogP contribution in [0.4, 0.5) is 4.39 Å². The van der Waals surface area contributed by atoms with E-state index in [4.69, 9.17) is 4.42 Å². The quantitative estimate of drug-likeness (QED) is 0.902. The van der Waals surface area contributed by atoms with Crippen molar-refractivity contribution < 1.29 is 13.6 Å². The van der Waals surface area contributed by atoms with E-state index in [1.54, 1.807) is 12.3 Å². The number of amides is 1. The van der Waals surface area contributed by atoms with Crippen molar-refractivity contribution in [3.8, 4) is 0 Å². The molecule has 1 amide bonds. The van der Waals surface area contributed by atoms with Gasteiger partial charge in [0.15, 0.2) is 0 Å². The molecule has 4 rings (SSSR count). The number of likely N-dealkylation sites (tertiary alicyclic amines) is 1. The van der Waals surface area contributed by atoms with Crippen LogP contribution in [0.1, 0.15) is 12.0 Å². The van der Waals surface area contributed by atoms with Crippen LogP contribution in [-0.4, -0.2) is 61.0 Å². The van der Waals surface area contributed by atoms with Gasteiger partial charge in [-0.05, 0) is 18.6 Å². The Balaban J connectivity index is 0.00000182. The summed E-state index contributed by atoms with van der Waals surface area (Å²) in [7, 11) is 0. The van der Waals surface area contributed by atoms with Crippen LogP contribution in [0.25, 0.3) is 11.0 Å². The van der Waals surface area contributed by atoms with E-state index in [2.05, 4.69) is 10.2 Å². The normalized spacial score (nSPS) is 21.5. The standard InChI is InChI=1S/C18H22FN3O2.ClH/c19-14-1-2-16-13(12-24-17(16)10-14)9-18(23)22-6-3-15(11-22)21-7-4-20-5-8-21;/h1-2,10,12,15,20H,3-9,11H2;1H. The zero-order chi connectivity index (χ0) is 16.5. The molecule has 0 saturated carbocycles. The minimum atomic E-state index is -0.326. The van der Waals surface area contributed by atoms with E-state index < -0.39 is 0 Å². The SMILES string of the molecule is Cl.O=C(Cc1coc2cc(F)ccc12)N1CCC(N2CCNCC2)C1. The topological polar surface area (TPSA) is 48.7 Å². The number of benzene rings is 1. The summed E-state index contributed by atoms with van der Waals surface area (Å²) in [4.78, 5) is 17.1. The van der Waals surface area contributed by atoms with Gasteiger partial charge in [-0.15, -0.1) is 12.4 Å². The van der Waals surface area contributed by atoms with E-state index in [0.717, 1.165) is 56.6 Å². The summed E-state index contributed by atoms with van der Waals surface area (Å²) < 4.78 is 18.6. The molecule has 0 radical (unpaired) electrons. The number of hydrogen-bond donors (Lipinski definition) is 1. The number of hydrogen-bond acceptors (Lipinski definition) is 4. The van der Waals surface area contributed by atoms with Crippen molar-refractivity contribution in [3.63, 3.8) is 0 Å². The van der Waals surface area contributed by atoms with Gasteiger partial charge in [0, 0.05) is 62.3 Å². The fraction of sp³-hybridized carbons (Fsp3) is 0.500. The maximum Gasteiger partial charge on any atom is 0.227 e. The molecule has 25 heavy (non-hydrogen) atoms. The maximum atomic E-state index is 13.2. The molecule has 2 aromatic rings. The summed E-state index contributed by atoms with van der Waals surface area (Å²) in [5.74, 6) is -0.201. The zero-order valence-electron chi connectivity index (χ0n) is 14.0.